The van der Waals surface area contributed by atoms with E-state index in [9.17, 15) is 28.3 Å². The summed E-state index contributed by atoms with van der Waals surface area (Å²) in [4.78, 5) is 41.4. The molecule has 0 aliphatic carbocycles. The Labute approximate surface area is 273 Å². The quantitative estimate of drug-likeness (QED) is 0.216. The molecule has 3 aromatic carbocycles. The number of morpholine rings is 1. The van der Waals surface area contributed by atoms with E-state index in [-0.39, 0.29) is 9.23 Å². The van der Waals surface area contributed by atoms with Gasteiger partial charge in [0.2, 0.25) is 5.91 Å². The second-order valence-corrected chi connectivity index (χ2v) is 11.9. The van der Waals surface area contributed by atoms with Gasteiger partial charge in [0.25, 0.3) is 5.91 Å². The number of thiocarbonyl (C=S) groups is 1. The van der Waals surface area contributed by atoms with Crippen molar-refractivity contribution in [1.29, 1.82) is 0 Å². The fraction of sp³-hybridized carbons (Fsp3) is 0.250. The van der Waals surface area contributed by atoms with Crippen LogP contribution in [0.4, 0.5) is 14.5 Å². The number of rotatable bonds is 12. The number of nitrogens with zero attached hydrogens (tertiary/aromatic N) is 3. The Morgan fingerprint density at radius 1 is 1.04 bits per heavy atom. The lowest BCUT2D eigenvalue weighted by Crippen LogP contribution is -2.48. The normalized spacial score (nSPS) is 16.2. The molecule has 0 aromatic heterocycles. The highest BCUT2D eigenvalue weighted by Crippen LogP contribution is 2.35. The van der Waals surface area contributed by atoms with Gasteiger partial charge in [0.1, 0.15) is 18.9 Å². The molecule has 2 heterocycles. The van der Waals surface area contributed by atoms with Gasteiger partial charge < -0.3 is 19.5 Å². The molecule has 2 saturated heterocycles. The summed E-state index contributed by atoms with van der Waals surface area (Å²) in [5.74, 6) is -3.77. The maximum Gasteiger partial charge on any atom is 0.323 e. The van der Waals surface area contributed by atoms with Crippen molar-refractivity contribution in [2.45, 2.75) is 0 Å². The third-order valence-electron chi connectivity index (χ3n) is 7.16. The van der Waals surface area contributed by atoms with Gasteiger partial charge in [0.05, 0.1) is 24.7 Å². The minimum Gasteiger partial charge on any atom is -0.492 e. The molecule has 0 bridgehead atoms. The Bertz CT molecular complexity index is 1650. The van der Waals surface area contributed by atoms with E-state index in [1.54, 1.807) is 54.6 Å². The Kier molecular flexibility index (Phi) is 11.1. The number of carbonyl (C=O) groups excluding carboxylic acids is 2. The summed E-state index contributed by atoms with van der Waals surface area (Å²) in [6.45, 7) is 2.96. The third kappa shape index (κ3) is 8.33. The fourth-order valence-corrected chi connectivity index (χ4v) is 6.02. The minimum atomic E-state index is -1.20. The highest BCUT2D eigenvalue weighted by molar-refractivity contribution is 8.26. The lowest BCUT2D eigenvalue weighted by molar-refractivity contribution is -0.137. The van der Waals surface area contributed by atoms with E-state index in [2.05, 4.69) is 10.3 Å². The van der Waals surface area contributed by atoms with Crippen LogP contribution in [0, 0.1) is 11.6 Å². The maximum absolute atomic E-state index is 14.0. The zero-order chi connectivity index (χ0) is 32.6. The van der Waals surface area contributed by atoms with Gasteiger partial charge in [0.15, 0.2) is 16.0 Å². The maximum atomic E-state index is 14.0. The van der Waals surface area contributed by atoms with E-state index in [4.69, 9.17) is 21.7 Å². The molecule has 2 fully saturated rings. The lowest BCUT2D eigenvalue weighted by atomic mass is 10.0. The van der Waals surface area contributed by atoms with Crippen LogP contribution >= 0.6 is 24.0 Å². The number of hydrogen-bond donors (Lipinski definition) is 2. The van der Waals surface area contributed by atoms with E-state index in [1.807, 2.05) is 0 Å². The van der Waals surface area contributed by atoms with E-state index in [0.717, 1.165) is 46.9 Å². The second kappa shape index (κ2) is 15.4. The number of halogens is 2. The Hall–Kier alpha value is -4.21. The van der Waals surface area contributed by atoms with Gasteiger partial charge in [-0.2, -0.15) is 0 Å². The number of carboxylic acid groups (broad SMARTS) is 1. The summed E-state index contributed by atoms with van der Waals surface area (Å²) in [5, 5.41) is 10.4. The van der Waals surface area contributed by atoms with Crippen molar-refractivity contribution in [3.63, 3.8) is 0 Å². The molecule has 2 N–H and O–H groups in total. The van der Waals surface area contributed by atoms with Crippen LogP contribution in [-0.2, 0) is 19.1 Å². The van der Waals surface area contributed by atoms with Gasteiger partial charge in [-0.3, -0.25) is 19.3 Å². The van der Waals surface area contributed by atoms with Crippen LogP contribution in [0.5, 0.6) is 5.75 Å². The van der Waals surface area contributed by atoms with E-state index in [0.29, 0.717) is 54.5 Å². The summed E-state index contributed by atoms with van der Waals surface area (Å²) in [7, 11) is 0. The van der Waals surface area contributed by atoms with Crippen LogP contribution in [0.15, 0.2) is 71.6 Å². The first-order chi connectivity index (χ1) is 22.2. The molecule has 10 nitrogen and oxygen atoms in total. The van der Waals surface area contributed by atoms with Crippen molar-refractivity contribution in [3.05, 3.63) is 88.8 Å². The number of para-hydroxylation sites is 1. The Morgan fingerprint density at radius 3 is 2.48 bits per heavy atom. The van der Waals surface area contributed by atoms with Crippen LogP contribution in [0.25, 0.3) is 17.2 Å². The van der Waals surface area contributed by atoms with Gasteiger partial charge >= 0.3 is 5.97 Å². The molecule has 3 aromatic rings. The van der Waals surface area contributed by atoms with Crippen molar-refractivity contribution in [2.24, 2.45) is 0 Å². The van der Waals surface area contributed by atoms with Gasteiger partial charge in [0, 0.05) is 30.9 Å². The molecule has 0 saturated carbocycles. The van der Waals surface area contributed by atoms with Crippen LogP contribution in [0.2, 0.25) is 0 Å². The number of thioether (sulfide) groups is 1. The largest absolute Gasteiger partial charge is 0.492 e. The number of hydrazine groups is 1. The molecule has 240 valence electrons. The predicted molar refractivity (Wildman–Crippen MR) is 174 cm³/mol. The SMILES string of the molecule is O=C(O)CN(C(=O)CNN1C(=O)C(=Cc2cc(-c3ccc(F)c(F)c3)ccc2OCCN2CCOCC2)SC1=S)c1ccccc1. The van der Waals surface area contributed by atoms with Gasteiger partial charge in [-0.1, -0.05) is 54.3 Å². The van der Waals surface area contributed by atoms with E-state index in [1.165, 1.54) is 6.07 Å². The summed E-state index contributed by atoms with van der Waals surface area (Å²) in [6.07, 6.45) is 1.59. The first kappa shape index (κ1) is 33.2. The monoisotopic (exact) mass is 668 g/mol. The number of carbonyl (C=O) groups is 3. The molecule has 2 aliphatic rings. The summed E-state index contributed by atoms with van der Waals surface area (Å²) < 4.78 is 39.3. The topological polar surface area (TPSA) is 112 Å². The van der Waals surface area contributed by atoms with Gasteiger partial charge in [-0.15, -0.1) is 0 Å². The molecular weight excluding hydrogens is 639 g/mol. The standard InChI is InChI=1S/C32H30F2N4O6S2/c33-25-8-6-22(17-26(25)34)21-7-9-27(44-15-12-36-10-13-43-14-11-36)23(16-21)18-28-31(42)38(32(45)46-28)35-19-29(39)37(20-30(40)41)24-4-2-1-3-5-24/h1-9,16-18,35H,10-15,19-20H2,(H,40,41). The fourth-order valence-electron chi connectivity index (χ4n) is 4.81. The van der Waals surface area contributed by atoms with Crippen LogP contribution in [0.1, 0.15) is 5.56 Å². The minimum absolute atomic E-state index is 0.139. The first-order valence-corrected chi connectivity index (χ1v) is 15.5. The number of hydrogen-bond acceptors (Lipinski definition) is 9. The molecule has 0 unspecified atom stereocenters. The molecule has 46 heavy (non-hydrogen) atoms. The third-order valence-corrected chi connectivity index (χ3v) is 8.46. The van der Waals surface area contributed by atoms with Crippen molar-refractivity contribution in [2.75, 3.05) is 57.4 Å². The molecule has 2 amide bonds. The molecular formula is C32H30F2N4O6S2. The highest BCUT2D eigenvalue weighted by Gasteiger charge is 2.33. The number of nitrogens with one attached hydrogen (secondary N) is 1. The Balaban J connectivity index is 1.34. The number of amides is 2. The number of carboxylic acids is 1. The zero-order valence-electron chi connectivity index (χ0n) is 24.5. The summed E-state index contributed by atoms with van der Waals surface area (Å²) >= 11 is 6.42. The smallest absolute Gasteiger partial charge is 0.323 e. The van der Waals surface area contributed by atoms with E-state index < -0.39 is 42.5 Å². The number of anilines is 1. The van der Waals surface area contributed by atoms with Crippen molar-refractivity contribution < 1.29 is 37.7 Å². The molecule has 0 spiro atoms. The molecule has 0 radical (unpaired) electrons. The lowest BCUT2D eigenvalue weighted by Gasteiger charge is -2.26. The van der Waals surface area contributed by atoms with E-state index >= 15 is 0 Å². The van der Waals surface area contributed by atoms with Crippen LogP contribution < -0.4 is 15.1 Å². The molecule has 2 aliphatic heterocycles. The Morgan fingerprint density at radius 2 is 1.76 bits per heavy atom. The summed E-state index contributed by atoms with van der Waals surface area (Å²) in [5.41, 5.74) is 4.64. The predicted octanol–water partition coefficient (Wildman–Crippen LogP) is 4.17. The highest BCUT2D eigenvalue weighted by atomic mass is 32.2. The first-order valence-electron chi connectivity index (χ1n) is 14.3. The number of ether oxygens (including phenoxy) is 2. The average molecular weight is 669 g/mol. The summed E-state index contributed by atoms with van der Waals surface area (Å²) in [6, 6.07) is 17.1. The second-order valence-electron chi connectivity index (χ2n) is 10.2. The van der Waals surface area contributed by atoms with Crippen molar-refractivity contribution >= 4 is 57.8 Å². The van der Waals surface area contributed by atoms with Crippen molar-refractivity contribution in [3.8, 4) is 16.9 Å². The van der Waals surface area contributed by atoms with Gasteiger partial charge in [-0.25, -0.2) is 19.2 Å². The number of aliphatic carboxylic acids is 1. The molecule has 14 heteroatoms. The molecule has 0 atom stereocenters. The van der Waals surface area contributed by atoms with Crippen molar-refractivity contribution in [1.82, 2.24) is 15.3 Å². The number of benzene rings is 3. The average Bonchev–Trinajstić information content (AvgIpc) is 3.32. The van der Waals surface area contributed by atoms with Crippen LogP contribution in [-0.4, -0.2) is 89.7 Å². The van der Waals surface area contributed by atoms with Crippen LogP contribution in [0.3, 0.4) is 0 Å². The van der Waals surface area contributed by atoms with Gasteiger partial charge in [-0.05, 0) is 53.6 Å². The zero-order valence-corrected chi connectivity index (χ0v) is 26.1. The molecule has 5 rings (SSSR count).